The average molecular weight is 468 g/mol. The number of anilines is 1. The third kappa shape index (κ3) is 7.20. The molecule has 1 heterocycles. The maximum absolute atomic E-state index is 12.6. The summed E-state index contributed by atoms with van der Waals surface area (Å²) < 4.78 is 4.75. The van der Waals surface area contributed by atoms with E-state index in [0.717, 1.165) is 38.0 Å². The number of carbonyl (C=O) groups is 2. The van der Waals surface area contributed by atoms with Gasteiger partial charge in [0, 0.05) is 42.5 Å². The number of hydrogen-bond acceptors (Lipinski definition) is 4. The molecule has 0 unspecified atom stereocenters. The molecule has 0 atom stereocenters. The zero-order valence-corrected chi connectivity index (χ0v) is 19.8. The van der Waals surface area contributed by atoms with Crippen LogP contribution in [0.15, 0.2) is 78.9 Å². The molecule has 1 saturated heterocycles. The number of ether oxygens (including phenoxy) is 1. The second-order valence-electron chi connectivity index (χ2n) is 8.54. The van der Waals surface area contributed by atoms with E-state index in [4.69, 9.17) is 4.74 Å². The third-order valence-electron chi connectivity index (χ3n) is 5.93. The summed E-state index contributed by atoms with van der Waals surface area (Å²) in [5.41, 5.74) is 3.93. The van der Waals surface area contributed by atoms with Gasteiger partial charge in [-0.05, 0) is 54.8 Å². The van der Waals surface area contributed by atoms with E-state index >= 15 is 0 Å². The van der Waals surface area contributed by atoms with Crippen LogP contribution in [0.2, 0.25) is 0 Å². The van der Waals surface area contributed by atoms with Gasteiger partial charge in [-0.2, -0.15) is 0 Å². The lowest BCUT2D eigenvalue weighted by Gasteiger charge is -2.32. The van der Waals surface area contributed by atoms with E-state index in [1.807, 2.05) is 36.4 Å². The number of urea groups is 1. The van der Waals surface area contributed by atoms with Crippen molar-refractivity contribution < 1.29 is 14.3 Å². The quantitative estimate of drug-likeness (QED) is 0.423. The number of amides is 2. The fourth-order valence-electron chi connectivity index (χ4n) is 4.09. The SMILES string of the molecule is COC(=O)c1cccc(C#Cc2cccc(NC(=O)NC3CCN(Cc4ccccc4)CC3)c2)c1. The summed E-state index contributed by atoms with van der Waals surface area (Å²) in [6.07, 6.45) is 1.85. The third-order valence-corrected chi connectivity index (χ3v) is 5.93. The predicted molar refractivity (Wildman–Crippen MR) is 137 cm³/mol. The number of carbonyl (C=O) groups excluding carboxylic acids is 2. The van der Waals surface area contributed by atoms with Gasteiger partial charge in [0.2, 0.25) is 0 Å². The first-order valence-corrected chi connectivity index (χ1v) is 11.7. The Morgan fingerprint density at radius 2 is 1.60 bits per heavy atom. The van der Waals surface area contributed by atoms with E-state index in [9.17, 15) is 9.59 Å². The lowest BCUT2D eigenvalue weighted by atomic mass is 10.0. The van der Waals surface area contributed by atoms with Crippen molar-refractivity contribution in [2.75, 3.05) is 25.5 Å². The first-order chi connectivity index (χ1) is 17.1. The number of rotatable bonds is 5. The van der Waals surface area contributed by atoms with E-state index in [0.29, 0.717) is 16.8 Å². The van der Waals surface area contributed by atoms with Crippen molar-refractivity contribution in [3.05, 3.63) is 101 Å². The van der Waals surface area contributed by atoms with Gasteiger partial charge in [-0.25, -0.2) is 9.59 Å². The van der Waals surface area contributed by atoms with Gasteiger partial charge in [0.25, 0.3) is 0 Å². The molecule has 1 aliphatic heterocycles. The number of hydrogen-bond donors (Lipinski definition) is 2. The van der Waals surface area contributed by atoms with E-state index in [1.54, 1.807) is 18.2 Å². The van der Waals surface area contributed by atoms with Crippen LogP contribution < -0.4 is 10.6 Å². The second kappa shape index (κ2) is 11.9. The van der Waals surface area contributed by atoms with E-state index in [-0.39, 0.29) is 12.1 Å². The molecule has 2 N–H and O–H groups in total. The molecule has 2 amide bonds. The van der Waals surface area contributed by atoms with Crippen LogP contribution in [-0.4, -0.2) is 43.1 Å². The summed E-state index contributed by atoms with van der Waals surface area (Å²) in [5, 5.41) is 6.01. The highest BCUT2D eigenvalue weighted by Crippen LogP contribution is 2.15. The zero-order valence-electron chi connectivity index (χ0n) is 19.8. The van der Waals surface area contributed by atoms with Crippen LogP contribution in [0.4, 0.5) is 10.5 Å². The van der Waals surface area contributed by atoms with Crippen LogP contribution in [0.25, 0.3) is 0 Å². The summed E-state index contributed by atoms with van der Waals surface area (Å²) in [4.78, 5) is 26.7. The molecule has 0 bridgehead atoms. The number of likely N-dealkylation sites (tertiary alicyclic amines) is 1. The Labute approximate surface area is 206 Å². The molecule has 3 aromatic carbocycles. The minimum Gasteiger partial charge on any atom is -0.465 e. The standard InChI is InChI=1S/C29H29N3O3/c1-35-28(33)25-11-5-9-22(19-25)13-14-23-10-6-12-27(20-23)31-29(34)30-26-15-17-32(18-16-26)21-24-7-3-2-4-8-24/h2-12,19-20,26H,15-18,21H2,1H3,(H2,30,31,34). The zero-order chi connectivity index (χ0) is 24.5. The molecule has 4 rings (SSSR count). The van der Waals surface area contributed by atoms with Crippen LogP contribution in [0, 0.1) is 11.8 Å². The van der Waals surface area contributed by atoms with Crippen molar-refractivity contribution in [3.63, 3.8) is 0 Å². The van der Waals surface area contributed by atoms with Crippen molar-refractivity contribution in [1.82, 2.24) is 10.2 Å². The number of esters is 1. The molecule has 178 valence electrons. The lowest BCUT2D eigenvalue weighted by Crippen LogP contribution is -2.45. The summed E-state index contributed by atoms with van der Waals surface area (Å²) in [7, 11) is 1.35. The van der Waals surface area contributed by atoms with Gasteiger partial charge in [0.05, 0.1) is 12.7 Å². The maximum atomic E-state index is 12.6. The normalized spacial score (nSPS) is 13.9. The van der Waals surface area contributed by atoms with Gasteiger partial charge in [0.1, 0.15) is 0 Å². The van der Waals surface area contributed by atoms with Crippen LogP contribution >= 0.6 is 0 Å². The summed E-state index contributed by atoms with van der Waals surface area (Å²) in [5.74, 6) is 5.75. The second-order valence-corrected chi connectivity index (χ2v) is 8.54. The molecule has 0 radical (unpaired) electrons. The predicted octanol–water partition coefficient (Wildman–Crippen LogP) is 4.66. The Balaban J connectivity index is 1.28. The van der Waals surface area contributed by atoms with Gasteiger partial charge in [-0.1, -0.05) is 54.3 Å². The van der Waals surface area contributed by atoms with Crippen LogP contribution in [0.5, 0.6) is 0 Å². The highest BCUT2D eigenvalue weighted by atomic mass is 16.5. The molecule has 0 aromatic heterocycles. The van der Waals surface area contributed by atoms with Gasteiger partial charge in [-0.15, -0.1) is 0 Å². The van der Waals surface area contributed by atoms with Gasteiger partial charge in [0.15, 0.2) is 0 Å². The molecular formula is C29H29N3O3. The Bertz CT molecular complexity index is 1220. The lowest BCUT2D eigenvalue weighted by molar-refractivity contribution is 0.0600. The molecular weight excluding hydrogens is 438 g/mol. The Morgan fingerprint density at radius 3 is 2.31 bits per heavy atom. The van der Waals surface area contributed by atoms with Crippen molar-refractivity contribution in [3.8, 4) is 11.8 Å². The Kier molecular flexibility index (Phi) is 8.16. The molecule has 0 saturated carbocycles. The molecule has 6 heteroatoms. The average Bonchev–Trinajstić information content (AvgIpc) is 2.89. The Morgan fingerprint density at radius 1 is 0.914 bits per heavy atom. The van der Waals surface area contributed by atoms with Crippen molar-refractivity contribution in [2.24, 2.45) is 0 Å². The minimum absolute atomic E-state index is 0.159. The van der Waals surface area contributed by atoms with Gasteiger partial charge < -0.3 is 15.4 Å². The molecule has 35 heavy (non-hydrogen) atoms. The maximum Gasteiger partial charge on any atom is 0.337 e. The molecule has 1 fully saturated rings. The van der Waals surface area contributed by atoms with Crippen molar-refractivity contribution >= 4 is 17.7 Å². The number of nitrogens with zero attached hydrogens (tertiary/aromatic N) is 1. The fourth-order valence-corrected chi connectivity index (χ4v) is 4.09. The van der Waals surface area contributed by atoms with E-state index < -0.39 is 5.97 Å². The van der Waals surface area contributed by atoms with E-state index in [1.165, 1.54) is 12.7 Å². The number of nitrogens with one attached hydrogen (secondary N) is 2. The largest absolute Gasteiger partial charge is 0.465 e. The van der Waals surface area contributed by atoms with Gasteiger partial charge in [-0.3, -0.25) is 4.90 Å². The van der Waals surface area contributed by atoms with Gasteiger partial charge >= 0.3 is 12.0 Å². The summed E-state index contributed by atoms with van der Waals surface area (Å²) in [6.45, 7) is 2.87. The first-order valence-electron chi connectivity index (χ1n) is 11.7. The first kappa shape index (κ1) is 24.1. The summed E-state index contributed by atoms with van der Waals surface area (Å²) in [6, 6.07) is 24.8. The smallest absolute Gasteiger partial charge is 0.337 e. The Hall–Kier alpha value is -4.08. The van der Waals surface area contributed by atoms with Crippen molar-refractivity contribution in [1.29, 1.82) is 0 Å². The number of methoxy groups -OCH3 is 1. The molecule has 1 aliphatic rings. The number of piperidine rings is 1. The fraction of sp³-hybridized carbons (Fsp3) is 0.241. The highest BCUT2D eigenvalue weighted by molar-refractivity contribution is 5.90. The number of benzene rings is 3. The molecule has 3 aromatic rings. The molecule has 0 aliphatic carbocycles. The van der Waals surface area contributed by atoms with E-state index in [2.05, 4.69) is 51.6 Å². The van der Waals surface area contributed by atoms with Crippen molar-refractivity contribution in [2.45, 2.75) is 25.4 Å². The molecule has 0 spiro atoms. The topological polar surface area (TPSA) is 70.7 Å². The monoisotopic (exact) mass is 467 g/mol. The van der Waals surface area contributed by atoms with Crippen LogP contribution in [0.1, 0.15) is 39.9 Å². The minimum atomic E-state index is -0.396. The van der Waals surface area contributed by atoms with Crippen LogP contribution in [0.3, 0.4) is 0 Å². The summed E-state index contributed by atoms with van der Waals surface area (Å²) >= 11 is 0. The highest BCUT2D eigenvalue weighted by Gasteiger charge is 2.20. The van der Waals surface area contributed by atoms with Crippen LogP contribution in [-0.2, 0) is 11.3 Å². The molecule has 6 nitrogen and oxygen atoms in total.